The number of carboxylic acids is 1. The van der Waals surface area contributed by atoms with E-state index in [-0.39, 0.29) is 12.7 Å². The number of ether oxygens (including phenoxy) is 3. The van der Waals surface area contributed by atoms with Crippen LogP contribution in [0.15, 0.2) is 60.7 Å². The van der Waals surface area contributed by atoms with Crippen molar-refractivity contribution < 1.29 is 29.2 Å². The molecule has 2 aliphatic heterocycles. The van der Waals surface area contributed by atoms with Gasteiger partial charge in [-0.1, -0.05) is 74.4 Å². The molecule has 0 saturated carbocycles. The summed E-state index contributed by atoms with van der Waals surface area (Å²) in [5.74, 6) is 0.296. The maximum atomic E-state index is 11.9. The van der Waals surface area contributed by atoms with Gasteiger partial charge in [0.25, 0.3) is 0 Å². The zero-order valence-corrected chi connectivity index (χ0v) is 27.5. The molecule has 1 unspecified atom stereocenters. The normalized spacial score (nSPS) is 25.2. The fraction of sp³-hybridized carbons (Fsp3) is 0.528. The third kappa shape index (κ3) is 7.58. The SMILES string of the molecule is COc1cc(OCC2(OCCCN3CC[C@@H](O)C3)C=CC=C(c3ccccc3)C2(C)C)c(Cl)cc1CN1CCCC[C@H]1C(=O)O. The van der Waals surface area contributed by atoms with Crippen LogP contribution in [-0.2, 0) is 16.1 Å². The monoisotopic (exact) mass is 638 g/mol. The minimum absolute atomic E-state index is 0.221. The minimum atomic E-state index is -0.796. The van der Waals surface area contributed by atoms with E-state index >= 15 is 0 Å². The van der Waals surface area contributed by atoms with Gasteiger partial charge < -0.3 is 29.3 Å². The van der Waals surface area contributed by atoms with Gasteiger partial charge in [-0.25, -0.2) is 0 Å². The number of nitrogens with zero attached hydrogens (tertiary/aromatic N) is 2. The molecular formula is C36H47ClN2O6. The Morgan fingerprint density at radius 1 is 1.09 bits per heavy atom. The van der Waals surface area contributed by atoms with Gasteiger partial charge in [-0.3, -0.25) is 9.69 Å². The van der Waals surface area contributed by atoms with Crippen LogP contribution < -0.4 is 9.47 Å². The Morgan fingerprint density at radius 2 is 1.89 bits per heavy atom. The summed E-state index contributed by atoms with van der Waals surface area (Å²) >= 11 is 6.83. The molecule has 9 heteroatoms. The summed E-state index contributed by atoms with van der Waals surface area (Å²) in [6, 6.07) is 13.5. The van der Waals surface area contributed by atoms with Crippen molar-refractivity contribution in [3.63, 3.8) is 0 Å². The molecule has 2 aromatic carbocycles. The van der Waals surface area contributed by atoms with Crippen molar-refractivity contribution in [2.45, 2.75) is 70.2 Å². The Hall–Kier alpha value is -2.88. The number of aliphatic carboxylic acids is 1. The predicted octanol–water partition coefficient (Wildman–Crippen LogP) is 6.06. The van der Waals surface area contributed by atoms with Crippen LogP contribution in [0.3, 0.4) is 0 Å². The second-order valence-electron chi connectivity index (χ2n) is 13.0. The standard InChI is InChI=1S/C36H47ClN2O6/c1-35(2)29(26-11-5-4-6-12-26)13-9-16-36(35,45-20-10-17-38-19-15-28(40)24-38)25-44-33-22-32(43-3)27(21-30(33)37)23-39-18-8-7-14-31(39)34(41)42/h4-6,9,11-13,16,21-22,28,31,40H,7-8,10,14-15,17-20,23-25H2,1-3H3,(H,41,42)/t28-,31+,36?/m1/s1. The summed E-state index contributed by atoms with van der Waals surface area (Å²) in [6.07, 6.45) is 10.2. The van der Waals surface area contributed by atoms with Crippen LogP contribution in [-0.4, -0.2) is 90.2 Å². The summed E-state index contributed by atoms with van der Waals surface area (Å²) < 4.78 is 19.1. The Kier molecular flexibility index (Phi) is 10.9. The van der Waals surface area contributed by atoms with Crippen LogP contribution in [0.25, 0.3) is 5.57 Å². The maximum absolute atomic E-state index is 11.9. The molecule has 0 amide bonds. The van der Waals surface area contributed by atoms with E-state index in [2.05, 4.69) is 49.1 Å². The van der Waals surface area contributed by atoms with Crippen molar-refractivity contribution in [1.82, 2.24) is 9.80 Å². The van der Waals surface area contributed by atoms with Gasteiger partial charge in [0.05, 0.1) is 18.2 Å². The number of aliphatic hydroxyl groups excluding tert-OH is 1. The molecule has 0 radical (unpaired) electrons. The number of hydrogen-bond acceptors (Lipinski definition) is 7. The first-order valence-electron chi connectivity index (χ1n) is 16.1. The Labute approximate surface area is 272 Å². The molecule has 5 rings (SSSR count). The number of halogens is 1. The molecule has 8 nitrogen and oxygen atoms in total. The van der Waals surface area contributed by atoms with E-state index < -0.39 is 23.0 Å². The van der Waals surface area contributed by atoms with Crippen molar-refractivity contribution in [3.8, 4) is 11.5 Å². The molecule has 0 spiro atoms. The number of carboxylic acid groups (broad SMARTS) is 1. The third-order valence-corrected chi connectivity index (χ3v) is 10.0. The number of allylic oxidation sites excluding steroid dienone is 2. The average molecular weight is 639 g/mol. The smallest absolute Gasteiger partial charge is 0.320 e. The molecule has 0 bridgehead atoms. The number of β-amino-alcohol motifs (C(OH)–C–C–N with tert-alkyl or cyclic N) is 1. The fourth-order valence-corrected chi connectivity index (χ4v) is 7.18. The van der Waals surface area contributed by atoms with Gasteiger partial charge in [-0.2, -0.15) is 0 Å². The quantitative estimate of drug-likeness (QED) is 0.256. The van der Waals surface area contributed by atoms with Gasteiger partial charge in [-0.15, -0.1) is 0 Å². The van der Waals surface area contributed by atoms with Gasteiger partial charge in [-0.05, 0) is 55.5 Å². The van der Waals surface area contributed by atoms with Crippen molar-refractivity contribution in [2.24, 2.45) is 5.41 Å². The molecule has 2 fully saturated rings. The summed E-state index contributed by atoms with van der Waals surface area (Å²) in [7, 11) is 1.61. The molecule has 3 aliphatic rings. The highest BCUT2D eigenvalue weighted by Crippen LogP contribution is 2.49. The lowest BCUT2D eigenvalue weighted by molar-refractivity contribution is -0.144. The molecule has 244 valence electrons. The van der Waals surface area contributed by atoms with Crippen LogP contribution in [0.2, 0.25) is 5.02 Å². The zero-order chi connectivity index (χ0) is 32.0. The Morgan fingerprint density at radius 3 is 2.60 bits per heavy atom. The van der Waals surface area contributed by atoms with Crippen molar-refractivity contribution in [3.05, 3.63) is 76.8 Å². The lowest BCUT2D eigenvalue weighted by Crippen LogP contribution is -2.52. The molecule has 2 aromatic rings. The number of carbonyl (C=O) groups is 1. The van der Waals surface area contributed by atoms with E-state index in [4.69, 9.17) is 25.8 Å². The number of benzene rings is 2. The van der Waals surface area contributed by atoms with Gasteiger partial charge >= 0.3 is 5.97 Å². The molecule has 2 saturated heterocycles. The summed E-state index contributed by atoms with van der Waals surface area (Å²) in [5, 5.41) is 20.1. The average Bonchev–Trinajstić information content (AvgIpc) is 3.45. The van der Waals surface area contributed by atoms with Crippen LogP contribution >= 0.6 is 11.6 Å². The molecule has 2 heterocycles. The van der Waals surface area contributed by atoms with E-state index in [9.17, 15) is 15.0 Å². The highest BCUT2D eigenvalue weighted by molar-refractivity contribution is 6.32. The van der Waals surface area contributed by atoms with Crippen LogP contribution in [0.1, 0.15) is 57.1 Å². The van der Waals surface area contributed by atoms with Gasteiger partial charge in [0.1, 0.15) is 29.7 Å². The lowest BCUT2D eigenvalue weighted by atomic mass is 9.65. The first kappa shape index (κ1) is 33.5. The van der Waals surface area contributed by atoms with E-state index in [1.54, 1.807) is 13.2 Å². The van der Waals surface area contributed by atoms with Crippen LogP contribution in [0.5, 0.6) is 11.5 Å². The summed E-state index contributed by atoms with van der Waals surface area (Å²) in [6.45, 7) is 8.77. The first-order chi connectivity index (χ1) is 21.6. The fourth-order valence-electron chi connectivity index (χ4n) is 6.94. The second kappa shape index (κ2) is 14.7. The number of methoxy groups -OCH3 is 1. The van der Waals surface area contributed by atoms with E-state index in [0.29, 0.717) is 49.2 Å². The van der Waals surface area contributed by atoms with Crippen molar-refractivity contribution in [2.75, 3.05) is 46.5 Å². The summed E-state index contributed by atoms with van der Waals surface area (Å²) in [4.78, 5) is 16.2. The zero-order valence-electron chi connectivity index (χ0n) is 26.7. The Balaban J connectivity index is 1.36. The van der Waals surface area contributed by atoms with Crippen molar-refractivity contribution >= 4 is 23.1 Å². The lowest BCUT2D eigenvalue weighted by Gasteiger charge is -2.47. The Bertz CT molecular complexity index is 1380. The maximum Gasteiger partial charge on any atom is 0.320 e. The third-order valence-electron chi connectivity index (χ3n) is 9.72. The molecule has 1 aliphatic carbocycles. The van der Waals surface area contributed by atoms with Gasteiger partial charge in [0, 0.05) is 49.8 Å². The second-order valence-corrected chi connectivity index (χ2v) is 13.4. The molecule has 2 N–H and O–H groups in total. The van der Waals surface area contributed by atoms with E-state index in [1.807, 2.05) is 29.2 Å². The van der Waals surface area contributed by atoms with Crippen molar-refractivity contribution in [1.29, 1.82) is 0 Å². The van der Waals surface area contributed by atoms with Gasteiger partial charge in [0.2, 0.25) is 0 Å². The van der Waals surface area contributed by atoms with Crippen LogP contribution in [0.4, 0.5) is 0 Å². The van der Waals surface area contributed by atoms with E-state index in [1.165, 1.54) is 0 Å². The molecule has 45 heavy (non-hydrogen) atoms. The molecular weight excluding hydrogens is 592 g/mol. The number of piperidine rings is 1. The number of rotatable bonds is 13. The topological polar surface area (TPSA) is 91.7 Å². The number of hydrogen-bond donors (Lipinski definition) is 2. The number of aliphatic hydroxyl groups is 1. The molecule has 0 aromatic heterocycles. The van der Waals surface area contributed by atoms with Crippen LogP contribution in [0, 0.1) is 5.41 Å². The highest BCUT2D eigenvalue weighted by Gasteiger charge is 2.49. The predicted molar refractivity (Wildman–Crippen MR) is 177 cm³/mol. The largest absolute Gasteiger partial charge is 0.496 e. The number of likely N-dealkylation sites (tertiary alicyclic amines) is 2. The molecule has 3 atom stereocenters. The van der Waals surface area contributed by atoms with Gasteiger partial charge in [0.15, 0.2) is 0 Å². The minimum Gasteiger partial charge on any atom is -0.496 e. The summed E-state index contributed by atoms with van der Waals surface area (Å²) in [5.41, 5.74) is 1.87. The van der Waals surface area contributed by atoms with E-state index in [0.717, 1.165) is 55.5 Å². The highest BCUT2D eigenvalue weighted by atomic mass is 35.5. The first-order valence-corrected chi connectivity index (χ1v) is 16.5.